The van der Waals surface area contributed by atoms with Crippen LogP contribution < -0.4 is 5.32 Å². The summed E-state index contributed by atoms with van der Waals surface area (Å²) in [5.74, 6) is -0.192. The maximum absolute atomic E-state index is 12.3. The SMILES string of the molecule is Cc1cc(C(=O)NCCc2cnn(C)c2)nn1-c1cccc(Cl)c1. The molecule has 0 atom stereocenters. The zero-order valence-electron chi connectivity index (χ0n) is 13.5. The Kier molecular flexibility index (Phi) is 4.66. The largest absolute Gasteiger partial charge is 0.350 e. The number of aromatic nitrogens is 4. The highest BCUT2D eigenvalue weighted by molar-refractivity contribution is 6.30. The van der Waals surface area contributed by atoms with Crippen LogP contribution in [0.2, 0.25) is 5.02 Å². The Hall–Kier alpha value is -2.60. The van der Waals surface area contributed by atoms with Crippen LogP contribution in [-0.4, -0.2) is 32.0 Å². The molecule has 1 amide bonds. The topological polar surface area (TPSA) is 64.7 Å². The van der Waals surface area contributed by atoms with Gasteiger partial charge >= 0.3 is 0 Å². The first kappa shape index (κ1) is 16.3. The van der Waals surface area contributed by atoms with Gasteiger partial charge in [0, 0.05) is 30.5 Å². The van der Waals surface area contributed by atoms with Gasteiger partial charge in [0.05, 0.1) is 11.9 Å². The van der Waals surface area contributed by atoms with Crippen molar-refractivity contribution >= 4 is 17.5 Å². The molecule has 124 valence electrons. The summed E-state index contributed by atoms with van der Waals surface area (Å²) in [7, 11) is 1.87. The summed E-state index contributed by atoms with van der Waals surface area (Å²) >= 11 is 6.02. The van der Waals surface area contributed by atoms with Gasteiger partial charge in [-0.15, -0.1) is 0 Å². The van der Waals surface area contributed by atoms with Crippen molar-refractivity contribution in [3.05, 3.63) is 64.7 Å². The van der Waals surface area contributed by atoms with Crippen molar-refractivity contribution in [2.24, 2.45) is 7.05 Å². The molecule has 1 N–H and O–H groups in total. The number of hydrogen-bond donors (Lipinski definition) is 1. The first-order valence-corrected chi connectivity index (χ1v) is 7.99. The molecule has 3 aromatic rings. The Morgan fingerprint density at radius 3 is 2.88 bits per heavy atom. The molecule has 0 aliphatic heterocycles. The minimum absolute atomic E-state index is 0.192. The van der Waals surface area contributed by atoms with Crippen LogP contribution in [0.1, 0.15) is 21.7 Å². The minimum Gasteiger partial charge on any atom is -0.350 e. The molecule has 7 heteroatoms. The number of halogens is 1. The first-order valence-electron chi connectivity index (χ1n) is 7.61. The van der Waals surface area contributed by atoms with E-state index < -0.39 is 0 Å². The zero-order valence-corrected chi connectivity index (χ0v) is 14.3. The van der Waals surface area contributed by atoms with Crippen LogP contribution in [0.5, 0.6) is 0 Å². The van der Waals surface area contributed by atoms with Crippen molar-refractivity contribution in [2.45, 2.75) is 13.3 Å². The lowest BCUT2D eigenvalue weighted by Crippen LogP contribution is -2.26. The normalized spacial score (nSPS) is 10.8. The van der Waals surface area contributed by atoms with Gasteiger partial charge < -0.3 is 5.32 Å². The third-order valence-electron chi connectivity index (χ3n) is 3.63. The number of benzene rings is 1. The van der Waals surface area contributed by atoms with Gasteiger partial charge in [0.1, 0.15) is 0 Å². The molecular formula is C17H18ClN5O. The van der Waals surface area contributed by atoms with Gasteiger partial charge in [0.15, 0.2) is 5.69 Å². The van der Waals surface area contributed by atoms with Crippen molar-refractivity contribution in [1.29, 1.82) is 0 Å². The molecule has 3 rings (SSSR count). The van der Waals surface area contributed by atoms with Crippen LogP contribution in [0.15, 0.2) is 42.7 Å². The Labute approximate surface area is 145 Å². The summed E-state index contributed by atoms with van der Waals surface area (Å²) in [5, 5.41) is 12.0. The summed E-state index contributed by atoms with van der Waals surface area (Å²) in [6.07, 6.45) is 4.46. The molecule has 0 saturated heterocycles. The predicted molar refractivity (Wildman–Crippen MR) is 92.6 cm³/mol. The number of carbonyl (C=O) groups excluding carboxylic acids is 1. The van der Waals surface area contributed by atoms with Gasteiger partial charge in [-0.2, -0.15) is 10.2 Å². The quantitative estimate of drug-likeness (QED) is 0.774. The van der Waals surface area contributed by atoms with Crippen LogP contribution in [0.4, 0.5) is 0 Å². The van der Waals surface area contributed by atoms with E-state index in [1.807, 2.05) is 38.4 Å². The fourth-order valence-electron chi connectivity index (χ4n) is 2.47. The van der Waals surface area contributed by atoms with Crippen LogP contribution >= 0.6 is 11.6 Å². The fourth-order valence-corrected chi connectivity index (χ4v) is 2.65. The highest BCUT2D eigenvalue weighted by Crippen LogP contribution is 2.16. The molecule has 0 unspecified atom stereocenters. The molecular weight excluding hydrogens is 326 g/mol. The van der Waals surface area contributed by atoms with E-state index in [0.29, 0.717) is 17.3 Å². The Morgan fingerprint density at radius 2 is 2.17 bits per heavy atom. The van der Waals surface area contributed by atoms with Crippen LogP contribution in [0, 0.1) is 6.92 Å². The molecule has 0 aliphatic carbocycles. The van der Waals surface area contributed by atoms with E-state index in [1.54, 1.807) is 27.7 Å². The second-order valence-electron chi connectivity index (χ2n) is 5.59. The number of hydrogen-bond acceptors (Lipinski definition) is 3. The first-order chi connectivity index (χ1) is 11.5. The van der Waals surface area contributed by atoms with Crippen molar-refractivity contribution in [2.75, 3.05) is 6.54 Å². The lowest BCUT2D eigenvalue weighted by atomic mass is 10.2. The number of nitrogens with one attached hydrogen (secondary N) is 1. The third kappa shape index (κ3) is 3.65. The van der Waals surface area contributed by atoms with E-state index in [2.05, 4.69) is 15.5 Å². The molecule has 1 aromatic carbocycles. The number of rotatable bonds is 5. The Balaban J connectivity index is 1.66. The highest BCUT2D eigenvalue weighted by atomic mass is 35.5. The van der Waals surface area contributed by atoms with E-state index in [-0.39, 0.29) is 5.91 Å². The zero-order chi connectivity index (χ0) is 17.1. The van der Waals surface area contributed by atoms with E-state index >= 15 is 0 Å². The molecule has 6 nitrogen and oxygen atoms in total. The molecule has 0 radical (unpaired) electrons. The third-order valence-corrected chi connectivity index (χ3v) is 3.87. The van der Waals surface area contributed by atoms with Gasteiger partial charge in [0.2, 0.25) is 0 Å². The van der Waals surface area contributed by atoms with Crippen LogP contribution in [0.3, 0.4) is 0 Å². The number of aryl methyl sites for hydroxylation is 2. The molecule has 0 saturated carbocycles. The van der Waals surface area contributed by atoms with Gasteiger partial charge in [-0.05, 0) is 43.2 Å². The maximum Gasteiger partial charge on any atom is 0.271 e. The number of nitrogens with zero attached hydrogens (tertiary/aromatic N) is 4. The second kappa shape index (κ2) is 6.88. The van der Waals surface area contributed by atoms with Crippen molar-refractivity contribution in [3.8, 4) is 5.69 Å². The Bertz CT molecular complexity index is 868. The van der Waals surface area contributed by atoms with Gasteiger partial charge in [0.25, 0.3) is 5.91 Å². The van der Waals surface area contributed by atoms with Crippen LogP contribution in [-0.2, 0) is 13.5 Å². The smallest absolute Gasteiger partial charge is 0.271 e. The maximum atomic E-state index is 12.3. The average Bonchev–Trinajstić information content (AvgIpc) is 3.13. The molecule has 0 bridgehead atoms. The lowest BCUT2D eigenvalue weighted by Gasteiger charge is -2.04. The lowest BCUT2D eigenvalue weighted by molar-refractivity contribution is 0.0948. The molecule has 0 spiro atoms. The van der Waals surface area contributed by atoms with Crippen molar-refractivity contribution < 1.29 is 4.79 Å². The van der Waals surface area contributed by atoms with E-state index in [1.165, 1.54) is 0 Å². The standard InChI is InChI=1S/C17H18ClN5O/c1-12-8-16(21-23(12)15-5-3-4-14(18)9-15)17(24)19-7-6-13-10-20-22(2)11-13/h3-5,8-11H,6-7H2,1-2H3,(H,19,24). The summed E-state index contributed by atoms with van der Waals surface area (Å²) in [6.45, 7) is 2.44. The second-order valence-corrected chi connectivity index (χ2v) is 6.03. The van der Waals surface area contributed by atoms with Gasteiger partial charge in [-0.1, -0.05) is 17.7 Å². The summed E-state index contributed by atoms with van der Waals surface area (Å²) in [4.78, 5) is 12.3. The van der Waals surface area contributed by atoms with Gasteiger partial charge in [-0.3, -0.25) is 9.48 Å². The van der Waals surface area contributed by atoms with Gasteiger partial charge in [-0.25, -0.2) is 4.68 Å². The van der Waals surface area contributed by atoms with E-state index in [0.717, 1.165) is 23.4 Å². The monoisotopic (exact) mass is 343 g/mol. The summed E-state index contributed by atoms with van der Waals surface area (Å²) in [5.41, 5.74) is 3.17. The fraction of sp³-hybridized carbons (Fsp3) is 0.235. The van der Waals surface area contributed by atoms with E-state index in [4.69, 9.17) is 11.6 Å². The average molecular weight is 344 g/mol. The minimum atomic E-state index is -0.192. The molecule has 0 fully saturated rings. The van der Waals surface area contributed by atoms with Crippen LogP contribution in [0.25, 0.3) is 5.69 Å². The molecule has 0 aliphatic rings. The summed E-state index contributed by atoms with van der Waals surface area (Å²) in [6, 6.07) is 9.13. The molecule has 2 heterocycles. The predicted octanol–water partition coefficient (Wildman–Crippen LogP) is 2.54. The van der Waals surface area contributed by atoms with Crippen molar-refractivity contribution in [1.82, 2.24) is 24.9 Å². The Morgan fingerprint density at radius 1 is 1.33 bits per heavy atom. The molecule has 2 aromatic heterocycles. The van der Waals surface area contributed by atoms with Crippen molar-refractivity contribution in [3.63, 3.8) is 0 Å². The number of amides is 1. The summed E-state index contributed by atoms with van der Waals surface area (Å²) < 4.78 is 3.45. The molecule has 24 heavy (non-hydrogen) atoms. The highest BCUT2D eigenvalue weighted by Gasteiger charge is 2.13. The van der Waals surface area contributed by atoms with E-state index in [9.17, 15) is 4.79 Å². The number of carbonyl (C=O) groups is 1.